The number of allylic oxidation sites excluding steroid dienone is 1. The van der Waals surface area contributed by atoms with Gasteiger partial charge in [-0.15, -0.1) is 0 Å². The van der Waals surface area contributed by atoms with Gasteiger partial charge in [-0.2, -0.15) is 10.2 Å². The minimum Gasteiger partial charge on any atom is -0.462 e. The predicted octanol–water partition coefficient (Wildman–Crippen LogP) is 4.10. The van der Waals surface area contributed by atoms with E-state index < -0.39 is 0 Å². The van der Waals surface area contributed by atoms with Crippen molar-refractivity contribution in [2.45, 2.75) is 13.8 Å². The summed E-state index contributed by atoms with van der Waals surface area (Å²) in [5, 5.41) is 8.14. The first-order valence-corrected chi connectivity index (χ1v) is 6.12. The van der Waals surface area contributed by atoms with Crippen LogP contribution in [-0.2, 0) is 0 Å². The Hall–Kier alpha value is -2.42. The molecule has 2 aromatic rings. The van der Waals surface area contributed by atoms with E-state index in [0.717, 1.165) is 22.8 Å². The molecule has 0 amide bonds. The lowest BCUT2D eigenvalue weighted by Gasteiger charge is -1.95. The lowest BCUT2D eigenvalue weighted by molar-refractivity contribution is 0.525. The van der Waals surface area contributed by atoms with Crippen LogP contribution in [0.15, 0.2) is 63.2 Å². The second-order valence-corrected chi connectivity index (χ2v) is 4.12. The van der Waals surface area contributed by atoms with Crippen LogP contribution in [0.25, 0.3) is 6.08 Å². The predicted molar refractivity (Wildman–Crippen MR) is 79.6 cm³/mol. The van der Waals surface area contributed by atoms with E-state index in [1.165, 1.54) is 0 Å². The summed E-state index contributed by atoms with van der Waals surface area (Å²) < 4.78 is 5.40. The van der Waals surface area contributed by atoms with E-state index in [1.54, 1.807) is 12.3 Å². The van der Waals surface area contributed by atoms with Gasteiger partial charge in [0.25, 0.3) is 0 Å². The molecule has 0 aliphatic rings. The zero-order valence-electron chi connectivity index (χ0n) is 11.1. The number of rotatable bonds is 4. The third-order valence-corrected chi connectivity index (χ3v) is 2.57. The maximum atomic E-state index is 5.40. The second kappa shape index (κ2) is 6.50. The maximum Gasteiger partial charge on any atom is 0.127 e. The monoisotopic (exact) mass is 252 g/mol. The van der Waals surface area contributed by atoms with Crippen molar-refractivity contribution in [3.8, 4) is 0 Å². The molecule has 2 rings (SSSR count). The molecule has 0 unspecified atom stereocenters. The highest BCUT2D eigenvalue weighted by Crippen LogP contribution is 2.07. The van der Waals surface area contributed by atoms with Gasteiger partial charge in [-0.1, -0.05) is 30.3 Å². The molecule has 0 spiro atoms. The van der Waals surface area contributed by atoms with Crippen LogP contribution in [0.5, 0.6) is 0 Å². The first-order valence-electron chi connectivity index (χ1n) is 6.12. The standard InChI is InChI=1S/C16H16N2O/c1-13-10-11-16(19-13)9-6-12-17-18-14(2)15-7-4-3-5-8-15/h3-12H,1-2H3/b9-6+,17-12-,18-14-. The molecule has 0 radical (unpaired) electrons. The van der Waals surface area contributed by atoms with E-state index in [0.29, 0.717) is 0 Å². The fraction of sp³-hybridized carbons (Fsp3) is 0.125. The fourth-order valence-corrected chi connectivity index (χ4v) is 1.58. The molecule has 0 N–H and O–H groups in total. The van der Waals surface area contributed by atoms with Gasteiger partial charge in [-0.25, -0.2) is 0 Å². The summed E-state index contributed by atoms with van der Waals surface area (Å²) in [7, 11) is 0. The zero-order valence-corrected chi connectivity index (χ0v) is 11.1. The molecule has 96 valence electrons. The van der Waals surface area contributed by atoms with E-state index in [2.05, 4.69) is 10.2 Å². The normalized spacial score (nSPS) is 12.6. The average molecular weight is 252 g/mol. The van der Waals surface area contributed by atoms with Crippen LogP contribution >= 0.6 is 0 Å². The molecular weight excluding hydrogens is 236 g/mol. The summed E-state index contributed by atoms with van der Waals surface area (Å²) in [5.74, 6) is 1.71. The van der Waals surface area contributed by atoms with Gasteiger partial charge in [0, 0.05) is 6.21 Å². The third kappa shape index (κ3) is 4.07. The third-order valence-electron chi connectivity index (χ3n) is 2.57. The lowest BCUT2D eigenvalue weighted by atomic mass is 10.1. The molecular formula is C16H16N2O. The van der Waals surface area contributed by atoms with Crippen LogP contribution in [0.1, 0.15) is 24.0 Å². The summed E-state index contributed by atoms with van der Waals surface area (Å²) in [5.41, 5.74) is 1.96. The van der Waals surface area contributed by atoms with E-state index in [-0.39, 0.29) is 0 Å². The highest BCUT2D eigenvalue weighted by Gasteiger charge is 1.93. The summed E-state index contributed by atoms with van der Waals surface area (Å²) >= 11 is 0. The first kappa shape index (κ1) is 13.0. The SMILES string of the molecule is C/C(=N/N=C\C=C\c1ccc(C)o1)c1ccccc1. The van der Waals surface area contributed by atoms with Crippen molar-refractivity contribution in [1.29, 1.82) is 0 Å². The van der Waals surface area contributed by atoms with Gasteiger partial charge in [-0.3, -0.25) is 0 Å². The minimum atomic E-state index is 0.813. The molecule has 0 atom stereocenters. The fourth-order valence-electron chi connectivity index (χ4n) is 1.58. The second-order valence-electron chi connectivity index (χ2n) is 4.12. The molecule has 19 heavy (non-hydrogen) atoms. The van der Waals surface area contributed by atoms with Crippen molar-refractivity contribution in [2.75, 3.05) is 0 Å². The van der Waals surface area contributed by atoms with Crippen LogP contribution in [0.2, 0.25) is 0 Å². The molecule has 0 bridgehead atoms. The van der Waals surface area contributed by atoms with E-state index in [4.69, 9.17) is 4.42 Å². The minimum absolute atomic E-state index is 0.813. The van der Waals surface area contributed by atoms with Crippen LogP contribution in [0.4, 0.5) is 0 Å². The Morgan fingerprint density at radius 2 is 1.89 bits per heavy atom. The van der Waals surface area contributed by atoms with Crippen molar-refractivity contribution in [3.63, 3.8) is 0 Å². The Morgan fingerprint density at radius 3 is 2.58 bits per heavy atom. The molecule has 3 heteroatoms. The first-order chi connectivity index (χ1) is 9.25. The van der Waals surface area contributed by atoms with Crippen LogP contribution in [0.3, 0.4) is 0 Å². The quantitative estimate of drug-likeness (QED) is 0.596. The zero-order chi connectivity index (χ0) is 13.5. The molecule has 0 saturated heterocycles. The van der Waals surface area contributed by atoms with Crippen LogP contribution in [0, 0.1) is 6.92 Å². The number of furan rings is 1. The topological polar surface area (TPSA) is 37.9 Å². The highest BCUT2D eigenvalue weighted by atomic mass is 16.3. The molecule has 3 nitrogen and oxygen atoms in total. The molecule has 1 aromatic carbocycles. The Labute approximate surface area is 113 Å². The molecule has 0 fully saturated rings. The highest BCUT2D eigenvalue weighted by molar-refractivity contribution is 5.98. The Balaban J connectivity index is 1.94. The summed E-state index contributed by atoms with van der Waals surface area (Å²) in [4.78, 5) is 0. The van der Waals surface area contributed by atoms with Gasteiger partial charge in [-0.05, 0) is 43.7 Å². The average Bonchev–Trinajstić information content (AvgIpc) is 2.85. The van der Waals surface area contributed by atoms with Gasteiger partial charge >= 0.3 is 0 Å². The van der Waals surface area contributed by atoms with E-state index >= 15 is 0 Å². The van der Waals surface area contributed by atoms with Gasteiger partial charge in [0.2, 0.25) is 0 Å². The molecule has 1 heterocycles. The van der Waals surface area contributed by atoms with Crippen molar-refractivity contribution in [3.05, 3.63) is 65.6 Å². The van der Waals surface area contributed by atoms with Gasteiger partial charge in [0.05, 0.1) is 5.71 Å². The van der Waals surface area contributed by atoms with Crippen molar-refractivity contribution in [2.24, 2.45) is 10.2 Å². The number of aryl methyl sites for hydroxylation is 1. The molecule has 0 aliphatic heterocycles. The molecule has 0 aliphatic carbocycles. The summed E-state index contributed by atoms with van der Waals surface area (Å²) in [6.07, 6.45) is 5.30. The van der Waals surface area contributed by atoms with Gasteiger partial charge in [0.15, 0.2) is 0 Å². The molecule has 1 aromatic heterocycles. The smallest absolute Gasteiger partial charge is 0.127 e. The van der Waals surface area contributed by atoms with Crippen molar-refractivity contribution in [1.82, 2.24) is 0 Å². The van der Waals surface area contributed by atoms with Gasteiger partial charge in [0.1, 0.15) is 11.5 Å². The summed E-state index contributed by atoms with van der Waals surface area (Å²) in [6, 6.07) is 13.8. The Bertz CT molecular complexity index is 607. The van der Waals surface area contributed by atoms with Crippen molar-refractivity contribution < 1.29 is 4.42 Å². The Kier molecular flexibility index (Phi) is 4.45. The number of benzene rings is 1. The maximum absolute atomic E-state index is 5.40. The van der Waals surface area contributed by atoms with Crippen molar-refractivity contribution >= 4 is 18.0 Å². The Morgan fingerprint density at radius 1 is 1.11 bits per heavy atom. The van der Waals surface area contributed by atoms with E-state index in [9.17, 15) is 0 Å². The van der Waals surface area contributed by atoms with Crippen LogP contribution in [-0.4, -0.2) is 11.9 Å². The largest absolute Gasteiger partial charge is 0.462 e. The number of nitrogens with zero attached hydrogens (tertiary/aromatic N) is 2. The number of hydrogen-bond donors (Lipinski definition) is 0. The van der Waals surface area contributed by atoms with E-state index in [1.807, 2.05) is 62.4 Å². The van der Waals surface area contributed by atoms with Crippen LogP contribution < -0.4 is 0 Å². The number of hydrogen-bond acceptors (Lipinski definition) is 3. The van der Waals surface area contributed by atoms with Gasteiger partial charge < -0.3 is 4.42 Å². The summed E-state index contributed by atoms with van der Waals surface area (Å²) in [6.45, 7) is 3.85. The molecule has 0 saturated carbocycles. The lowest BCUT2D eigenvalue weighted by Crippen LogP contribution is -1.92.